The van der Waals surface area contributed by atoms with Crippen LogP contribution < -0.4 is 10.7 Å². The number of aromatic nitrogens is 1. The topological polar surface area (TPSA) is 108 Å². The van der Waals surface area contributed by atoms with Crippen molar-refractivity contribution in [1.29, 1.82) is 0 Å². The molecule has 0 unspecified atom stereocenters. The first kappa shape index (κ1) is 18.1. The molecule has 25 heavy (non-hydrogen) atoms. The summed E-state index contributed by atoms with van der Waals surface area (Å²) in [5, 5.41) is 11.7. The van der Waals surface area contributed by atoms with Crippen molar-refractivity contribution in [2.24, 2.45) is 0 Å². The zero-order valence-corrected chi connectivity index (χ0v) is 14.1. The van der Waals surface area contributed by atoms with Crippen molar-refractivity contribution in [3.8, 4) is 11.8 Å². The van der Waals surface area contributed by atoms with E-state index in [4.69, 9.17) is 9.84 Å². The molecule has 7 heteroatoms. The van der Waals surface area contributed by atoms with E-state index in [1.54, 1.807) is 32.9 Å². The summed E-state index contributed by atoms with van der Waals surface area (Å²) in [5.41, 5.74) is -0.323. The third kappa shape index (κ3) is 4.85. The average molecular weight is 342 g/mol. The number of amides is 1. The number of aromatic carboxylic acids is 1. The lowest BCUT2D eigenvalue weighted by Gasteiger charge is -2.18. The summed E-state index contributed by atoms with van der Waals surface area (Å²) in [4.78, 5) is 37.3. The summed E-state index contributed by atoms with van der Waals surface area (Å²) in [6.07, 6.45) is 0.611. The van der Waals surface area contributed by atoms with Gasteiger partial charge in [-0.15, -0.1) is 0 Å². The first-order valence-corrected chi connectivity index (χ1v) is 7.52. The zero-order chi connectivity index (χ0) is 18.6. The third-order valence-corrected chi connectivity index (χ3v) is 3.06. The van der Waals surface area contributed by atoms with Crippen LogP contribution in [0.3, 0.4) is 0 Å². The van der Waals surface area contributed by atoms with Gasteiger partial charge >= 0.3 is 12.1 Å². The van der Waals surface area contributed by atoms with Crippen molar-refractivity contribution in [3.05, 3.63) is 45.7 Å². The quantitative estimate of drug-likeness (QED) is 0.724. The van der Waals surface area contributed by atoms with Crippen LogP contribution >= 0.6 is 0 Å². The van der Waals surface area contributed by atoms with Gasteiger partial charge in [0.1, 0.15) is 11.2 Å². The number of ether oxygens (including phenoxy) is 1. The zero-order valence-electron chi connectivity index (χ0n) is 14.1. The molecule has 2 rings (SSSR count). The van der Waals surface area contributed by atoms with Gasteiger partial charge in [-0.25, -0.2) is 9.59 Å². The van der Waals surface area contributed by atoms with E-state index >= 15 is 0 Å². The summed E-state index contributed by atoms with van der Waals surface area (Å²) in [6, 6.07) is 4.78. The van der Waals surface area contributed by atoms with Crippen molar-refractivity contribution in [1.82, 2.24) is 10.3 Å². The van der Waals surface area contributed by atoms with Crippen LogP contribution in [0.5, 0.6) is 0 Å². The number of fused-ring (bicyclic) bond motifs is 1. The second-order valence-electron chi connectivity index (χ2n) is 6.25. The molecule has 1 heterocycles. The van der Waals surface area contributed by atoms with E-state index < -0.39 is 23.1 Å². The molecule has 2 aromatic rings. The van der Waals surface area contributed by atoms with Gasteiger partial charge < -0.3 is 20.1 Å². The fourth-order valence-corrected chi connectivity index (χ4v) is 2.04. The Kier molecular flexibility index (Phi) is 5.13. The number of carbonyl (C=O) groups excluding carboxylic acids is 1. The summed E-state index contributed by atoms with van der Waals surface area (Å²) in [5.74, 6) is 4.35. The molecule has 3 N–H and O–H groups in total. The number of carboxylic acid groups (broad SMARTS) is 1. The number of benzene rings is 1. The van der Waals surface area contributed by atoms with Gasteiger partial charge in [0, 0.05) is 17.1 Å². The fraction of sp³-hybridized carbons (Fsp3) is 0.278. The van der Waals surface area contributed by atoms with Crippen LogP contribution in [-0.2, 0) is 4.74 Å². The number of H-pyrrole nitrogens is 1. The Hall–Kier alpha value is -3.27. The summed E-state index contributed by atoms with van der Waals surface area (Å²) in [6.45, 7) is 5.42. The monoisotopic (exact) mass is 342 g/mol. The molecule has 0 aliphatic carbocycles. The van der Waals surface area contributed by atoms with Crippen molar-refractivity contribution in [2.45, 2.75) is 26.4 Å². The molecule has 0 aliphatic rings. The maximum absolute atomic E-state index is 12.0. The van der Waals surface area contributed by atoms with Crippen LogP contribution in [0.15, 0.2) is 29.2 Å². The van der Waals surface area contributed by atoms with E-state index in [0.717, 1.165) is 6.20 Å². The largest absolute Gasteiger partial charge is 0.477 e. The highest BCUT2D eigenvalue weighted by molar-refractivity contribution is 5.92. The first-order chi connectivity index (χ1) is 11.7. The Bertz CT molecular complexity index is 942. The molecule has 0 atom stereocenters. The maximum Gasteiger partial charge on any atom is 0.408 e. The van der Waals surface area contributed by atoms with Crippen molar-refractivity contribution < 1.29 is 19.4 Å². The highest BCUT2D eigenvalue weighted by atomic mass is 16.6. The van der Waals surface area contributed by atoms with Crippen LogP contribution in [0.2, 0.25) is 0 Å². The van der Waals surface area contributed by atoms with Crippen LogP contribution in [0.25, 0.3) is 10.9 Å². The van der Waals surface area contributed by atoms with Gasteiger partial charge in [0.2, 0.25) is 5.43 Å². The minimum absolute atomic E-state index is 0.113. The maximum atomic E-state index is 12.0. The van der Waals surface area contributed by atoms with Gasteiger partial charge in [0.05, 0.1) is 12.1 Å². The Morgan fingerprint density at radius 3 is 2.68 bits per heavy atom. The molecule has 1 aromatic heterocycles. The number of nitrogens with one attached hydrogen (secondary N) is 2. The van der Waals surface area contributed by atoms with Gasteiger partial charge in [-0.1, -0.05) is 11.8 Å². The SMILES string of the molecule is CC(C)(C)OC(=O)NCC#Cc1ccc2c(=O)c(C(=O)O)c[nH]c2c1. The minimum atomic E-state index is -1.28. The lowest BCUT2D eigenvalue weighted by atomic mass is 10.1. The number of hydrogen-bond acceptors (Lipinski definition) is 4. The van der Waals surface area contributed by atoms with Gasteiger partial charge in [0.25, 0.3) is 0 Å². The van der Waals surface area contributed by atoms with E-state index in [1.807, 2.05) is 0 Å². The van der Waals surface area contributed by atoms with E-state index in [0.29, 0.717) is 11.1 Å². The van der Waals surface area contributed by atoms with Crippen molar-refractivity contribution >= 4 is 23.0 Å². The number of pyridine rings is 1. The number of alkyl carbamates (subject to hydrolysis) is 1. The van der Waals surface area contributed by atoms with Crippen LogP contribution in [-0.4, -0.2) is 34.3 Å². The van der Waals surface area contributed by atoms with Crippen LogP contribution in [0.1, 0.15) is 36.7 Å². The van der Waals surface area contributed by atoms with Gasteiger partial charge in [-0.3, -0.25) is 4.79 Å². The predicted molar refractivity (Wildman–Crippen MR) is 92.6 cm³/mol. The summed E-state index contributed by atoms with van der Waals surface area (Å²) >= 11 is 0. The Labute approximate surface area is 144 Å². The van der Waals surface area contributed by atoms with Gasteiger partial charge in [-0.2, -0.15) is 0 Å². The van der Waals surface area contributed by atoms with Crippen LogP contribution in [0, 0.1) is 11.8 Å². The van der Waals surface area contributed by atoms with E-state index in [-0.39, 0.29) is 17.5 Å². The highest BCUT2D eigenvalue weighted by Crippen LogP contribution is 2.11. The Morgan fingerprint density at radius 2 is 2.04 bits per heavy atom. The molecule has 0 fully saturated rings. The molecule has 0 radical (unpaired) electrons. The average Bonchev–Trinajstić information content (AvgIpc) is 2.49. The molecule has 0 saturated heterocycles. The third-order valence-electron chi connectivity index (χ3n) is 3.06. The molecule has 0 spiro atoms. The number of hydrogen-bond donors (Lipinski definition) is 3. The lowest BCUT2D eigenvalue weighted by molar-refractivity contribution is 0.0534. The normalized spacial score (nSPS) is 10.7. The predicted octanol–water partition coefficient (Wildman–Crippen LogP) is 2.10. The smallest absolute Gasteiger partial charge is 0.408 e. The number of rotatable bonds is 2. The Balaban J connectivity index is 2.11. The molecular weight excluding hydrogens is 324 g/mol. The standard InChI is InChI=1S/C18H18N2O5/c1-18(2,3)25-17(24)19-8-4-5-11-6-7-12-14(9-11)20-10-13(15(12)21)16(22)23/h6-7,9-10H,8H2,1-3H3,(H,19,24)(H,20,21)(H,22,23). The van der Waals surface area contributed by atoms with Crippen molar-refractivity contribution in [3.63, 3.8) is 0 Å². The molecule has 0 saturated carbocycles. The molecule has 0 bridgehead atoms. The second-order valence-corrected chi connectivity index (χ2v) is 6.25. The molecular formula is C18H18N2O5. The van der Waals surface area contributed by atoms with Crippen LogP contribution in [0.4, 0.5) is 4.79 Å². The van der Waals surface area contributed by atoms with E-state index in [1.165, 1.54) is 6.07 Å². The van der Waals surface area contributed by atoms with Gasteiger partial charge in [0.15, 0.2) is 0 Å². The van der Waals surface area contributed by atoms with Gasteiger partial charge in [-0.05, 0) is 39.0 Å². The minimum Gasteiger partial charge on any atom is -0.477 e. The van der Waals surface area contributed by atoms with E-state index in [2.05, 4.69) is 22.1 Å². The first-order valence-electron chi connectivity index (χ1n) is 7.52. The van der Waals surface area contributed by atoms with Crippen molar-refractivity contribution in [2.75, 3.05) is 6.54 Å². The molecule has 7 nitrogen and oxygen atoms in total. The molecule has 1 amide bonds. The number of carbonyl (C=O) groups is 2. The number of aromatic amines is 1. The molecule has 0 aliphatic heterocycles. The Morgan fingerprint density at radius 1 is 1.32 bits per heavy atom. The fourth-order valence-electron chi connectivity index (χ4n) is 2.04. The second kappa shape index (κ2) is 7.09. The summed E-state index contributed by atoms with van der Waals surface area (Å²) in [7, 11) is 0. The number of carboxylic acids is 1. The molecule has 130 valence electrons. The van der Waals surface area contributed by atoms with E-state index in [9.17, 15) is 14.4 Å². The highest BCUT2D eigenvalue weighted by Gasteiger charge is 2.15. The molecule has 1 aromatic carbocycles. The lowest BCUT2D eigenvalue weighted by Crippen LogP contribution is -2.32. The summed E-state index contributed by atoms with van der Waals surface area (Å²) < 4.78 is 5.09.